The first-order valence-corrected chi connectivity index (χ1v) is 10.5. The van der Waals surface area contributed by atoms with Crippen LogP contribution in [0.5, 0.6) is 0 Å². The molecule has 1 fully saturated rings. The lowest BCUT2D eigenvalue weighted by molar-refractivity contribution is 0.102. The molecule has 4 rings (SSSR count). The number of H-pyrrole nitrogens is 1. The molecule has 3 aromatic rings. The van der Waals surface area contributed by atoms with Gasteiger partial charge in [0.2, 0.25) is 0 Å². The molecule has 0 radical (unpaired) electrons. The van der Waals surface area contributed by atoms with Gasteiger partial charge < -0.3 is 19.8 Å². The van der Waals surface area contributed by atoms with Crippen LogP contribution < -0.4 is 21.3 Å². The van der Waals surface area contributed by atoms with Crippen molar-refractivity contribution in [2.45, 2.75) is 39.2 Å². The van der Waals surface area contributed by atoms with Crippen molar-refractivity contribution in [1.29, 1.82) is 0 Å². The first-order chi connectivity index (χ1) is 14.6. The highest BCUT2D eigenvalue weighted by Gasteiger charge is 2.12. The van der Waals surface area contributed by atoms with E-state index in [1.54, 1.807) is 25.1 Å². The van der Waals surface area contributed by atoms with Crippen LogP contribution in [-0.2, 0) is 6.54 Å². The molecule has 2 aromatic carbocycles. The van der Waals surface area contributed by atoms with Crippen molar-refractivity contribution < 1.29 is 4.79 Å². The van der Waals surface area contributed by atoms with Gasteiger partial charge in [0, 0.05) is 36.6 Å². The number of aromatic nitrogens is 2. The van der Waals surface area contributed by atoms with Crippen molar-refractivity contribution in [2.24, 2.45) is 0 Å². The number of nitrogens with one attached hydrogen (secondary N) is 2. The Balaban J connectivity index is 1.53. The summed E-state index contributed by atoms with van der Waals surface area (Å²) >= 11 is 0. The molecule has 2 N–H and O–H groups in total. The SMILES string of the molecule is CCn1c(=O)c(=O)[nH]c2cc(C(=O)Nc3ccc(N4CCCCCC4)cc3)ccc21. The zero-order valence-electron chi connectivity index (χ0n) is 17.1. The average molecular weight is 406 g/mol. The lowest BCUT2D eigenvalue weighted by Gasteiger charge is -2.22. The molecule has 0 aliphatic carbocycles. The minimum Gasteiger partial charge on any atom is -0.372 e. The molecule has 1 aromatic heterocycles. The minimum absolute atomic E-state index is 0.269. The molecule has 7 nitrogen and oxygen atoms in total. The third-order valence-corrected chi connectivity index (χ3v) is 5.65. The van der Waals surface area contributed by atoms with E-state index < -0.39 is 11.1 Å². The smallest absolute Gasteiger partial charge is 0.316 e. The van der Waals surface area contributed by atoms with Crippen LogP contribution in [0.4, 0.5) is 11.4 Å². The number of aryl methyl sites for hydroxylation is 1. The Hall–Kier alpha value is -3.35. The van der Waals surface area contributed by atoms with Crippen molar-refractivity contribution in [3.05, 3.63) is 68.7 Å². The van der Waals surface area contributed by atoms with Crippen LogP contribution in [0.25, 0.3) is 11.0 Å². The Morgan fingerprint density at radius 1 is 1.00 bits per heavy atom. The molecule has 1 aliphatic heterocycles. The molecular formula is C23H26N4O3. The molecule has 7 heteroatoms. The summed E-state index contributed by atoms with van der Waals surface area (Å²) in [6.45, 7) is 4.33. The molecule has 1 saturated heterocycles. The second-order valence-corrected chi connectivity index (χ2v) is 7.64. The molecule has 0 unspecified atom stereocenters. The van der Waals surface area contributed by atoms with E-state index in [1.807, 2.05) is 24.3 Å². The fourth-order valence-electron chi connectivity index (χ4n) is 4.02. The zero-order valence-corrected chi connectivity index (χ0v) is 17.1. The van der Waals surface area contributed by atoms with Crippen molar-refractivity contribution in [1.82, 2.24) is 9.55 Å². The number of fused-ring (bicyclic) bond motifs is 1. The van der Waals surface area contributed by atoms with Crippen molar-refractivity contribution in [3.63, 3.8) is 0 Å². The Bertz CT molecular complexity index is 1170. The molecule has 1 aliphatic rings. The number of carbonyl (C=O) groups is 1. The Kier molecular flexibility index (Phi) is 5.70. The summed E-state index contributed by atoms with van der Waals surface area (Å²) in [5, 5.41) is 2.90. The number of amides is 1. The van der Waals surface area contributed by atoms with E-state index in [-0.39, 0.29) is 5.91 Å². The van der Waals surface area contributed by atoms with Crippen LogP contribution in [0.15, 0.2) is 52.1 Å². The largest absolute Gasteiger partial charge is 0.372 e. The van der Waals surface area contributed by atoms with Gasteiger partial charge in [0.1, 0.15) is 0 Å². The molecule has 0 atom stereocenters. The summed E-state index contributed by atoms with van der Waals surface area (Å²) in [6, 6.07) is 12.9. The van der Waals surface area contributed by atoms with Gasteiger partial charge in [0.05, 0.1) is 11.0 Å². The van der Waals surface area contributed by atoms with Gasteiger partial charge in [-0.25, -0.2) is 0 Å². The molecule has 2 heterocycles. The van der Waals surface area contributed by atoms with Gasteiger partial charge in [-0.3, -0.25) is 14.4 Å². The molecule has 156 valence electrons. The van der Waals surface area contributed by atoms with Crippen LogP contribution in [0.3, 0.4) is 0 Å². The number of anilines is 2. The maximum absolute atomic E-state index is 12.7. The maximum Gasteiger partial charge on any atom is 0.316 e. The highest BCUT2D eigenvalue weighted by atomic mass is 16.2. The fourth-order valence-corrected chi connectivity index (χ4v) is 4.02. The van der Waals surface area contributed by atoms with Crippen LogP contribution in [0.2, 0.25) is 0 Å². The highest BCUT2D eigenvalue weighted by molar-refractivity contribution is 6.05. The lowest BCUT2D eigenvalue weighted by atomic mass is 10.1. The van der Waals surface area contributed by atoms with Crippen molar-refractivity contribution in [2.75, 3.05) is 23.3 Å². The second kappa shape index (κ2) is 8.57. The number of nitrogens with zero attached hydrogens (tertiary/aromatic N) is 2. The zero-order chi connectivity index (χ0) is 21.1. The number of aromatic amines is 1. The number of benzene rings is 2. The van der Waals surface area contributed by atoms with Crippen molar-refractivity contribution in [3.8, 4) is 0 Å². The predicted molar refractivity (Wildman–Crippen MR) is 120 cm³/mol. The Morgan fingerprint density at radius 2 is 1.70 bits per heavy atom. The Morgan fingerprint density at radius 3 is 2.37 bits per heavy atom. The Labute approximate surface area is 174 Å². The third kappa shape index (κ3) is 4.01. The van der Waals surface area contributed by atoms with Crippen LogP contribution in [0.1, 0.15) is 43.0 Å². The lowest BCUT2D eigenvalue weighted by Crippen LogP contribution is -2.36. The number of hydrogen-bond donors (Lipinski definition) is 2. The van der Waals surface area contributed by atoms with E-state index in [9.17, 15) is 14.4 Å². The van der Waals surface area contributed by atoms with Gasteiger partial charge in [-0.15, -0.1) is 0 Å². The minimum atomic E-state index is -0.689. The van der Waals surface area contributed by atoms with Crippen LogP contribution >= 0.6 is 0 Å². The second-order valence-electron chi connectivity index (χ2n) is 7.64. The normalized spacial score (nSPS) is 14.5. The van der Waals surface area contributed by atoms with E-state index in [1.165, 1.54) is 35.9 Å². The van der Waals surface area contributed by atoms with Crippen molar-refractivity contribution >= 4 is 28.3 Å². The summed E-state index contributed by atoms with van der Waals surface area (Å²) in [7, 11) is 0. The fraction of sp³-hybridized carbons (Fsp3) is 0.348. The summed E-state index contributed by atoms with van der Waals surface area (Å²) in [5.41, 5.74) is 2.08. The maximum atomic E-state index is 12.7. The quantitative estimate of drug-likeness (QED) is 0.651. The summed E-state index contributed by atoms with van der Waals surface area (Å²) in [5.74, 6) is -0.269. The molecule has 1 amide bonds. The third-order valence-electron chi connectivity index (χ3n) is 5.65. The van der Waals surface area contributed by atoms with E-state index in [4.69, 9.17) is 0 Å². The summed E-state index contributed by atoms with van der Waals surface area (Å²) in [4.78, 5) is 41.5. The molecule has 30 heavy (non-hydrogen) atoms. The van der Waals surface area contributed by atoms with E-state index in [0.717, 1.165) is 13.1 Å². The molecule has 0 bridgehead atoms. The standard InChI is InChI=1S/C23H26N4O3/c1-2-27-20-12-7-16(15-19(20)25-22(29)23(27)30)21(28)24-17-8-10-18(11-9-17)26-13-5-3-4-6-14-26/h7-12,15H,2-6,13-14H2,1H3,(H,24,28)(H,25,29). The topological polar surface area (TPSA) is 87.2 Å². The molecular weight excluding hydrogens is 380 g/mol. The highest BCUT2D eigenvalue weighted by Crippen LogP contribution is 2.22. The van der Waals surface area contributed by atoms with E-state index >= 15 is 0 Å². The predicted octanol–water partition coefficient (Wildman–Crippen LogP) is 3.34. The van der Waals surface area contributed by atoms with Crippen LogP contribution in [0, 0.1) is 0 Å². The van der Waals surface area contributed by atoms with Gasteiger partial charge in [-0.2, -0.15) is 0 Å². The first kappa shape index (κ1) is 19.9. The van der Waals surface area contributed by atoms with E-state index in [0.29, 0.717) is 28.8 Å². The summed E-state index contributed by atoms with van der Waals surface area (Å²) < 4.78 is 1.40. The van der Waals surface area contributed by atoms with Gasteiger partial charge in [-0.1, -0.05) is 12.8 Å². The monoisotopic (exact) mass is 406 g/mol. The van der Waals surface area contributed by atoms with Crippen LogP contribution in [-0.4, -0.2) is 28.5 Å². The average Bonchev–Trinajstić information content (AvgIpc) is 3.04. The number of hydrogen-bond acceptors (Lipinski definition) is 4. The molecule has 0 spiro atoms. The van der Waals surface area contributed by atoms with Gasteiger partial charge >= 0.3 is 11.1 Å². The van der Waals surface area contributed by atoms with Gasteiger partial charge in [0.15, 0.2) is 0 Å². The summed E-state index contributed by atoms with van der Waals surface area (Å²) in [6.07, 6.45) is 5.01. The number of carbonyl (C=O) groups excluding carboxylic acids is 1. The van der Waals surface area contributed by atoms with Gasteiger partial charge in [0.25, 0.3) is 5.91 Å². The van der Waals surface area contributed by atoms with E-state index in [2.05, 4.69) is 15.2 Å². The van der Waals surface area contributed by atoms with Gasteiger partial charge in [-0.05, 0) is 62.2 Å². The first-order valence-electron chi connectivity index (χ1n) is 10.5. The molecule has 0 saturated carbocycles. The number of rotatable bonds is 4.